The number of carbonyl (C=O) groups is 4. The molecule has 3 fully saturated rings. The van der Waals surface area contributed by atoms with Crippen LogP contribution in [0.25, 0.3) is 0 Å². The zero-order chi connectivity index (χ0) is 33.9. The molecule has 0 radical (unpaired) electrons. The van der Waals surface area contributed by atoms with E-state index in [2.05, 4.69) is 5.43 Å². The van der Waals surface area contributed by atoms with Gasteiger partial charge in [0.1, 0.15) is 5.82 Å². The summed E-state index contributed by atoms with van der Waals surface area (Å²) in [6.07, 6.45) is 3.06. The van der Waals surface area contributed by atoms with Crippen LogP contribution in [0.5, 0.6) is 11.5 Å². The summed E-state index contributed by atoms with van der Waals surface area (Å²) in [4.78, 5) is 58.6. The van der Waals surface area contributed by atoms with E-state index in [1.165, 1.54) is 35.2 Å². The number of benzene rings is 3. The number of anilines is 1. The second-order valence-electron chi connectivity index (χ2n) is 12.9. The number of likely N-dealkylation sites (tertiary alicyclic amines) is 1. The standard InChI is InChI=1S/C37H35ClFN3O6/c1-3-17-41-33(44)26-15-14-25-27(31(26)35(41)46)19-28-34(45)42(40-24-12-10-23(39)11-13-24)36(47)37(28,21-6-8-22(38)9-7-21)32(25)20-5-16-29(43)30(18-20)48-4-2/h5-14,16,18,26-28,31-32,40,43H,3-4,15,17,19H2,1-2H3. The van der Waals surface area contributed by atoms with E-state index in [0.29, 0.717) is 41.2 Å². The first kappa shape index (κ1) is 31.9. The van der Waals surface area contributed by atoms with Gasteiger partial charge in [0.15, 0.2) is 11.5 Å². The van der Waals surface area contributed by atoms with Gasteiger partial charge in [0.2, 0.25) is 11.8 Å². The minimum atomic E-state index is -1.51. The molecule has 6 atom stereocenters. The summed E-state index contributed by atoms with van der Waals surface area (Å²) in [6, 6.07) is 17.1. The number of carbonyl (C=O) groups excluding carboxylic acids is 4. The van der Waals surface area contributed by atoms with Crippen LogP contribution in [-0.4, -0.2) is 51.8 Å². The third-order valence-corrected chi connectivity index (χ3v) is 10.7. The maximum atomic E-state index is 15.1. The van der Waals surface area contributed by atoms with Gasteiger partial charge in [-0.05, 0) is 91.8 Å². The van der Waals surface area contributed by atoms with Crippen LogP contribution in [0, 0.1) is 29.5 Å². The van der Waals surface area contributed by atoms with Crippen LogP contribution in [-0.2, 0) is 24.6 Å². The van der Waals surface area contributed by atoms with Gasteiger partial charge in [-0.2, -0.15) is 5.01 Å². The van der Waals surface area contributed by atoms with Gasteiger partial charge in [-0.1, -0.05) is 48.4 Å². The second kappa shape index (κ2) is 12.1. The van der Waals surface area contributed by atoms with Gasteiger partial charge >= 0.3 is 0 Å². The first-order valence-corrected chi connectivity index (χ1v) is 16.7. The maximum Gasteiger partial charge on any atom is 0.260 e. The third kappa shape index (κ3) is 4.71. The molecule has 2 aliphatic heterocycles. The van der Waals surface area contributed by atoms with Crippen molar-refractivity contribution in [3.63, 3.8) is 0 Å². The van der Waals surface area contributed by atoms with Gasteiger partial charge in [0, 0.05) is 17.5 Å². The predicted molar refractivity (Wildman–Crippen MR) is 175 cm³/mol. The van der Waals surface area contributed by atoms with E-state index in [9.17, 15) is 23.9 Å². The maximum absolute atomic E-state index is 15.1. The molecule has 3 aromatic carbocycles. The Bertz CT molecular complexity index is 1850. The fourth-order valence-electron chi connectivity index (χ4n) is 8.52. The number of phenols is 1. The molecule has 3 aromatic rings. The Morgan fingerprint density at radius 1 is 0.958 bits per heavy atom. The Morgan fingerprint density at radius 3 is 2.38 bits per heavy atom. The monoisotopic (exact) mass is 671 g/mol. The van der Waals surface area contributed by atoms with Crippen molar-refractivity contribution in [3.05, 3.63) is 100 Å². The minimum absolute atomic E-state index is 0.0806. The number of hydrogen-bond donors (Lipinski definition) is 2. The number of nitrogens with one attached hydrogen (secondary N) is 1. The Hall–Kier alpha value is -4.70. The molecule has 4 amide bonds. The summed E-state index contributed by atoms with van der Waals surface area (Å²) in [5.74, 6) is -5.31. The van der Waals surface area contributed by atoms with Crippen molar-refractivity contribution in [3.8, 4) is 11.5 Å². The number of hydrogen-bond acceptors (Lipinski definition) is 7. The number of ether oxygens (including phenoxy) is 1. The molecule has 0 bridgehead atoms. The topological polar surface area (TPSA) is 116 Å². The summed E-state index contributed by atoms with van der Waals surface area (Å²) in [5.41, 5.74) is 3.72. The molecule has 0 spiro atoms. The molecule has 0 aromatic heterocycles. The molecule has 11 heteroatoms. The van der Waals surface area contributed by atoms with Crippen LogP contribution in [0.15, 0.2) is 78.4 Å². The highest BCUT2D eigenvalue weighted by Crippen LogP contribution is 2.64. The van der Waals surface area contributed by atoms with Gasteiger partial charge in [0.25, 0.3) is 11.8 Å². The second-order valence-corrected chi connectivity index (χ2v) is 13.3. The lowest BCUT2D eigenvalue weighted by molar-refractivity contribution is -0.141. The third-order valence-electron chi connectivity index (χ3n) is 10.4. The average Bonchev–Trinajstić information content (AvgIpc) is 3.44. The quantitative estimate of drug-likeness (QED) is 0.224. The highest BCUT2D eigenvalue weighted by Gasteiger charge is 2.70. The van der Waals surface area contributed by atoms with Crippen molar-refractivity contribution >= 4 is 40.9 Å². The Labute approximate surface area is 282 Å². The van der Waals surface area contributed by atoms with E-state index < -0.39 is 52.6 Å². The summed E-state index contributed by atoms with van der Waals surface area (Å²) < 4.78 is 19.6. The smallest absolute Gasteiger partial charge is 0.260 e. The van der Waals surface area contributed by atoms with Crippen molar-refractivity contribution < 1.29 is 33.4 Å². The molecule has 2 saturated heterocycles. The molecular formula is C37H35ClFN3O6. The fourth-order valence-corrected chi connectivity index (χ4v) is 8.65. The molecule has 1 saturated carbocycles. The van der Waals surface area contributed by atoms with Crippen LogP contribution in [0.1, 0.15) is 50.2 Å². The highest BCUT2D eigenvalue weighted by molar-refractivity contribution is 6.30. The number of nitrogens with zero attached hydrogens (tertiary/aromatic N) is 2. The van der Waals surface area contributed by atoms with Gasteiger partial charge in [-0.25, -0.2) is 4.39 Å². The van der Waals surface area contributed by atoms with E-state index in [1.54, 1.807) is 43.3 Å². The van der Waals surface area contributed by atoms with Gasteiger partial charge in [0.05, 0.1) is 35.5 Å². The summed E-state index contributed by atoms with van der Waals surface area (Å²) in [6.45, 7) is 4.30. The largest absolute Gasteiger partial charge is 0.504 e. The Kier molecular flexibility index (Phi) is 8.02. The van der Waals surface area contributed by atoms with Crippen LogP contribution >= 0.6 is 11.6 Å². The average molecular weight is 672 g/mol. The fraction of sp³-hybridized carbons (Fsp3) is 0.351. The van der Waals surface area contributed by atoms with Crippen LogP contribution < -0.4 is 10.2 Å². The van der Waals surface area contributed by atoms with Crippen molar-refractivity contribution in [2.24, 2.45) is 23.7 Å². The number of imide groups is 2. The molecule has 2 N–H and O–H groups in total. The predicted octanol–water partition coefficient (Wildman–Crippen LogP) is 5.98. The van der Waals surface area contributed by atoms with Crippen molar-refractivity contribution in [2.45, 2.75) is 44.4 Å². The minimum Gasteiger partial charge on any atom is -0.504 e. The highest BCUT2D eigenvalue weighted by atomic mass is 35.5. The van der Waals surface area contributed by atoms with Gasteiger partial charge in [-0.3, -0.25) is 29.5 Å². The molecule has 4 aliphatic rings. The number of halogens is 2. The zero-order valence-electron chi connectivity index (χ0n) is 26.5. The number of rotatable bonds is 8. The summed E-state index contributed by atoms with van der Waals surface area (Å²) >= 11 is 6.34. The van der Waals surface area contributed by atoms with E-state index >= 15 is 4.79 Å². The van der Waals surface area contributed by atoms with E-state index in [-0.39, 0.29) is 36.3 Å². The lowest BCUT2D eigenvalue weighted by Gasteiger charge is -2.50. The lowest BCUT2D eigenvalue weighted by atomic mass is 9.49. The van der Waals surface area contributed by atoms with Gasteiger partial charge < -0.3 is 9.84 Å². The van der Waals surface area contributed by atoms with E-state index in [1.807, 2.05) is 13.0 Å². The molecule has 2 heterocycles. The Morgan fingerprint density at radius 2 is 1.69 bits per heavy atom. The number of allylic oxidation sites excluding steroid dienone is 2. The Balaban J connectivity index is 1.46. The molecule has 48 heavy (non-hydrogen) atoms. The zero-order valence-corrected chi connectivity index (χ0v) is 27.2. The lowest BCUT2D eigenvalue weighted by Crippen LogP contribution is -2.53. The van der Waals surface area contributed by atoms with Crippen molar-refractivity contribution in [2.75, 3.05) is 18.6 Å². The number of fused-ring (bicyclic) bond motifs is 4. The van der Waals surface area contributed by atoms with Crippen LogP contribution in [0.3, 0.4) is 0 Å². The molecule has 2 aliphatic carbocycles. The molecule has 9 nitrogen and oxygen atoms in total. The van der Waals surface area contributed by atoms with Gasteiger partial charge in [-0.15, -0.1) is 0 Å². The van der Waals surface area contributed by atoms with Crippen molar-refractivity contribution in [1.82, 2.24) is 9.91 Å². The first-order chi connectivity index (χ1) is 23.1. The molecule has 7 rings (SSSR count). The summed E-state index contributed by atoms with van der Waals surface area (Å²) in [5, 5.41) is 12.1. The molecule has 248 valence electrons. The van der Waals surface area contributed by atoms with Crippen LogP contribution in [0.4, 0.5) is 10.1 Å². The molecular weight excluding hydrogens is 637 g/mol. The van der Waals surface area contributed by atoms with E-state index in [4.69, 9.17) is 16.3 Å². The van der Waals surface area contributed by atoms with E-state index in [0.717, 1.165) is 10.6 Å². The van der Waals surface area contributed by atoms with Crippen molar-refractivity contribution in [1.29, 1.82) is 0 Å². The SMILES string of the molecule is CCCN1C(=O)C2CC=C3C(CC4C(=O)N(Nc5ccc(F)cc5)C(=O)C4(c4ccc(Cl)cc4)C3c3ccc(O)c(OCC)c3)C2C1=O. The van der Waals surface area contributed by atoms with Crippen LogP contribution in [0.2, 0.25) is 5.02 Å². The molecule has 6 unspecified atom stereocenters. The summed E-state index contributed by atoms with van der Waals surface area (Å²) in [7, 11) is 0. The normalized spacial score (nSPS) is 27.8. The first-order valence-electron chi connectivity index (χ1n) is 16.3. The number of phenolic OH excluding ortho intramolecular Hbond substituents is 1. The number of aromatic hydroxyl groups is 1. The number of hydrazine groups is 1. The number of amides is 4.